The van der Waals surface area contributed by atoms with E-state index >= 15 is 0 Å². The normalized spacial score (nSPS) is 39.7. The number of carboxylic acids is 1. The molecule has 3 aliphatic rings. The van der Waals surface area contributed by atoms with Crippen molar-refractivity contribution in [2.45, 2.75) is 65.6 Å². The Morgan fingerprint density at radius 1 is 1.38 bits per heavy atom. The quantitative estimate of drug-likeness (QED) is 0.589. The van der Waals surface area contributed by atoms with Crippen LogP contribution < -0.4 is 0 Å². The lowest BCUT2D eigenvalue weighted by Gasteiger charge is -2.56. The molecule has 26 heavy (non-hydrogen) atoms. The fraction of sp³-hybridized carbons (Fsp3) is 0.714. The number of allylic oxidation sites excluding steroid dienone is 2. The third kappa shape index (κ3) is 3.00. The van der Waals surface area contributed by atoms with E-state index in [1.165, 1.54) is 12.7 Å². The highest BCUT2D eigenvalue weighted by atomic mass is 16.7. The van der Waals surface area contributed by atoms with Gasteiger partial charge in [-0.25, -0.2) is 4.79 Å². The number of esters is 1. The van der Waals surface area contributed by atoms with E-state index in [4.69, 9.17) is 9.47 Å². The summed E-state index contributed by atoms with van der Waals surface area (Å²) in [7, 11) is 1.52. The molecule has 0 aromatic heterocycles. The molecular weight excluding hydrogens is 332 g/mol. The van der Waals surface area contributed by atoms with Crippen LogP contribution in [-0.2, 0) is 19.1 Å². The summed E-state index contributed by atoms with van der Waals surface area (Å²) in [6.07, 6.45) is 8.44. The second kappa shape index (κ2) is 6.84. The number of fused-ring (bicyclic) bond motifs is 1. The summed E-state index contributed by atoms with van der Waals surface area (Å²) in [5.41, 5.74) is 1.28. The molecule has 5 atom stereocenters. The summed E-state index contributed by atoms with van der Waals surface area (Å²) in [6, 6.07) is 0. The van der Waals surface area contributed by atoms with Gasteiger partial charge in [0.05, 0.1) is 5.41 Å². The van der Waals surface area contributed by atoms with Gasteiger partial charge in [0.2, 0.25) is 6.29 Å². The average Bonchev–Trinajstić information content (AvgIpc) is 2.94. The van der Waals surface area contributed by atoms with Gasteiger partial charge < -0.3 is 14.6 Å². The van der Waals surface area contributed by atoms with Gasteiger partial charge in [0.15, 0.2) is 0 Å². The van der Waals surface area contributed by atoms with Crippen molar-refractivity contribution in [3.8, 4) is 0 Å². The van der Waals surface area contributed by atoms with Gasteiger partial charge in [-0.2, -0.15) is 0 Å². The highest BCUT2D eigenvalue weighted by Gasteiger charge is 2.56. The number of rotatable bonds is 5. The second-order valence-electron chi connectivity index (χ2n) is 8.61. The van der Waals surface area contributed by atoms with E-state index in [1.54, 1.807) is 6.08 Å². The molecule has 1 saturated carbocycles. The topological polar surface area (TPSA) is 72.8 Å². The molecular formula is C21H30O5. The van der Waals surface area contributed by atoms with E-state index in [-0.39, 0.29) is 23.2 Å². The predicted molar refractivity (Wildman–Crippen MR) is 97.3 cm³/mol. The summed E-state index contributed by atoms with van der Waals surface area (Å²) in [6.45, 7) is 6.33. The second-order valence-corrected chi connectivity index (χ2v) is 8.61. The van der Waals surface area contributed by atoms with Gasteiger partial charge in [-0.3, -0.25) is 4.79 Å². The van der Waals surface area contributed by atoms with Crippen LogP contribution in [0.2, 0.25) is 0 Å². The van der Waals surface area contributed by atoms with E-state index in [0.29, 0.717) is 12.0 Å². The first kappa shape index (κ1) is 19.2. The van der Waals surface area contributed by atoms with Crippen LogP contribution in [0.1, 0.15) is 59.3 Å². The molecule has 0 aromatic carbocycles. The van der Waals surface area contributed by atoms with Gasteiger partial charge in [-0.1, -0.05) is 25.0 Å². The van der Waals surface area contributed by atoms with E-state index in [0.717, 1.165) is 32.1 Å². The van der Waals surface area contributed by atoms with Crippen molar-refractivity contribution in [1.82, 2.24) is 0 Å². The van der Waals surface area contributed by atoms with Gasteiger partial charge in [-0.15, -0.1) is 0 Å². The SMILES string of the molecule is COC1C=C(CC[C@H]2C(C)=CCC3[C@]2(C)CCC[C@]3(C)C(=O)O)C(=O)O1. The van der Waals surface area contributed by atoms with Crippen LogP contribution in [-0.4, -0.2) is 30.4 Å². The number of carboxylic acid groups (broad SMARTS) is 1. The molecule has 1 heterocycles. The zero-order chi connectivity index (χ0) is 19.1. The minimum absolute atomic E-state index is 0.0477. The third-order valence-electron chi connectivity index (χ3n) is 7.24. The van der Waals surface area contributed by atoms with Crippen molar-refractivity contribution >= 4 is 11.9 Å². The Hall–Kier alpha value is -1.62. The molecule has 1 N–H and O–H groups in total. The Kier molecular flexibility index (Phi) is 5.04. The van der Waals surface area contributed by atoms with Crippen molar-refractivity contribution in [3.63, 3.8) is 0 Å². The molecule has 0 saturated heterocycles. The number of aliphatic carboxylic acids is 1. The number of hydrogen-bond donors (Lipinski definition) is 1. The van der Waals surface area contributed by atoms with Crippen LogP contribution in [0.4, 0.5) is 0 Å². The first-order valence-electron chi connectivity index (χ1n) is 9.57. The van der Waals surface area contributed by atoms with Crippen LogP contribution in [0.5, 0.6) is 0 Å². The van der Waals surface area contributed by atoms with Crippen LogP contribution in [0.3, 0.4) is 0 Å². The molecule has 5 nitrogen and oxygen atoms in total. The maximum atomic E-state index is 12.0. The maximum Gasteiger partial charge on any atom is 0.336 e. The molecule has 3 rings (SSSR count). The Balaban J connectivity index is 1.82. The van der Waals surface area contributed by atoms with E-state index in [2.05, 4.69) is 19.9 Å². The number of methoxy groups -OCH3 is 1. The molecule has 0 bridgehead atoms. The number of cyclic esters (lactones) is 1. The Bertz CT molecular complexity index is 663. The number of carbonyl (C=O) groups is 2. The molecule has 2 aliphatic carbocycles. The zero-order valence-corrected chi connectivity index (χ0v) is 16.2. The summed E-state index contributed by atoms with van der Waals surface area (Å²) < 4.78 is 10.2. The smallest absolute Gasteiger partial charge is 0.336 e. The Morgan fingerprint density at radius 2 is 2.12 bits per heavy atom. The lowest BCUT2D eigenvalue weighted by atomic mass is 9.47. The summed E-state index contributed by atoms with van der Waals surface area (Å²) >= 11 is 0. The van der Waals surface area contributed by atoms with Crippen molar-refractivity contribution in [3.05, 3.63) is 23.3 Å². The van der Waals surface area contributed by atoms with Crippen molar-refractivity contribution < 1.29 is 24.2 Å². The minimum atomic E-state index is -0.676. The molecule has 0 amide bonds. The molecule has 144 valence electrons. The molecule has 1 fully saturated rings. The van der Waals surface area contributed by atoms with Crippen LogP contribution >= 0.6 is 0 Å². The molecule has 0 spiro atoms. The zero-order valence-electron chi connectivity index (χ0n) is 16.2. The Morgan fingerprint density at radius 3 is 2.73 bits per heavy atom. The largest absolute Gasteiger partial charge is 0.481 e. The highest BCUT2D eigenvalue weighted by Crippen LogP contribution is 2.60. The number of hydrogen-bond acceptors (Lipinski definition) is 4. The van der Waals surface area contributed by atoms with E-state index in [1.807, 2.05) is 6.92 Å². The van der Waals surface area contributed by atoms with Crippen LogP contribution in [0, 0.1) is 22.7 Å². The highest BCUT2D eigenvalue weighted by molar-refractivity contribution is 5.90. The third-order valence-corrected chi connectivity index (χ3v) is 7.24. The first-order chi connectivity index (χ1) is 12.2. The maximum absolute atomic E-state index is 12.0. The molecule has 2 unspecified atom stereocenters. The predicted octanol–water partition coefficient (Wildman–Crippen LogP) is 4.09. The summed E-state index contributed by atoms with van der Waals surface area (Å²) in [4.78, 5) is 24.0. The summed E-state index contributed by atoms with van der Waals surface area (Å²) in [5, 5.41) is 9.89. The monoisotopic (exact) mass is 362 g/mol. The van der Waals surface area contributed by atoms with E-state index < -0.39 is 17.7 Å². The molecule has 1 aliphatic heterocycles. The van der Waals surface area contributed by atoms with Gasteiger partial charge in [0.25, 0.3) is 0 Å². The van der Waals surface area contributed by atoms with Crippen LogP contribution in [0.25, 0.3) is 0 Å². The van der Waals surface area contributed by atoms with Gasteiger partial charge >= 0.3 is 11.9 Å². The van der Waals surface area contributed by atoms with Crippen LogP contribution in [0.15, 0.2) is 23.3 Å². The van der Waals surface area contributed by atoms with Crippen molar-refractivity contribution in [1.29, 1.82) is 0 Å². The number of ether oxygens (including phenoxy) is 2. The van der Waals surface area contributed by atoms with Gasteiger partial charge in [-0.05, 0) is 69.3 Å². The lowest BCUT2D eigenvalue weighted by molar-refractivity contribution is -0.162. The van der Waals surface area contributed by atoms with Crippen molar-refractivity contribution in [2.75, 3.05) is 7.11 Å². The average molecular weight is 362 g/mol. The van der Waals surface area contributed by atoms with E-state index in [9.17, 15) is 14.7 Å². The van der Waals surface area contributed by atoms with Gasteiger partial charge in [0, 0.05) is 12.7 Å². The lowest BCUT2D eigenvalue weighted by Crippen LogP contribution is -2.52. The van der Waals surface area contributed by atoms with Gasteiger partial charge in [0.1, 0.15) is 0 Å². The Labute approximate surface area is 155 Å². The fourth-order valence-corrected chi connectivity index (χ4v) is 5.69. The standard InChI is InChI=1S/C21H30O5/c1-13-6-9-16-20(2,10-5-11-21(16,3)19(23)24)15(13)8-7-14-12-17(25-4)26-18(14)22/h6,12,15-17H,5,7-11H2,1-4H3,(H,23,24)/t15-,16?,17?,20+,21-/m0/s1. The fourth-order valence-electron chi connectivity index (χ4n) is 5.69. The first-order valence-corrected chi connectivity index (χ1v) is 9.57. The molecule has 5 heteroatoms. The molecule has 0 radical (unpaired) electrons. The number of carbonyl (C=O) groups excluding carboxylic acids is 1. The summed E-state index contributed by atoms with van der Waals surface area (Å²) in [5.74, 6) is -0.554. The van der Waals surface area contributed by atoms with Crippen molar-refractivity contribution in [2.24, 2.45) is 22.7 Å². The molecule has 0 aromatic rings. The minimum Gasteiger partial charge on any atom is -0.481 e.